The quantitative estimate of drug-likeness (QED) is 0.407. The molecule has 1 aliphatic carbocycles. The van der Waals surface area contributed by atoms with Crippen molar-refractivity contribution in [2.75, 3.05) is 46.1 Å². The van der Waals surface area contributed by atoms with Crippen LogP contribution in [0.3, 0.4) is 0 Å². The van der Waals surface area contributed by atoms with Crippen LogP contribution in [-0.4, -0.2) is 62.9 Å². The number of fused-ring (bicyclic) bond motifs is 2. The molecule has 0 bridgehead atoms. The SMILES string of the molecule is CCOC(=O)COCCN1CCC(=C2c3ccccc3CCc3sc(C(=O)OCC)cc32)CC1. The normalized spacial score (nSPS) is 15.9. The molecule has 7 heteroatoms. The Kier molecular flexibility index (Phi) is 8.53. The minimum atomic E-state index is -0.311. The van der Waals surface area contributed by atoms with Gasteiger partial charge in [0.2, 0.25) is 0 Å². The molecule has 34 heavy (non-hydrogen) atoms. The minimum absolute atomic E-state index is 0.0114. The van der Waals surface area contributed by atoms with Gasteiger partial charge in [-0.2, -0.15) is 0 Å². The molecule has 0 spiro atoms. The highest BCUT2D eigenvalue weighted by atomic mass is 32.1. The number of carbonyl (C=O) groups excluding carboxylic acids is 2. The number of esters is 2. The van der Waals surface area contributed by atoms with Crippen LogP contribution in [0.5, 0.6) is 0 Å². The first-order chi connectivity index (χ1) is 16.6. The number of ether oxygens (including phenoxy) is 3. The highest BCUT2D eigenvalue weighted by Gasteiger charge is 2.27. The summed E-state index contributed by atoms with van der Waals surface area (Å²) in [5, 5.41) is 0. The highest BCUT2D eigenvalue weighted by molar-refractivity contribution is 7.14. The van der Waals surface area contributed by atoms with Crippen LogP contribution in [0.15, 0.2) is 35.9 Å². The van der Waals surface area contributed by atoms with Gasteiger partial charge in [-0.15, -0.1) is 11.3 Å². The van der Waals surface area contributed by atoms with Crippen LogP contribution in [0.1, 0.15) is 57.9 Å². The van der Waals surface area contributed by atoms with Crippen molar-refractivity contribution in [3.8, 4) is 0 Å². The van der Waals surface area contributed by atoms with Crippen LogP contribution >= 0.6 is 11.3 Å². The van der Waals surface area contributed by atoms with Crippen LogP contribution in [0, 0.1) is 0 Å². The highest BCUT2D eigenvalue weighted by Crippen LogP contribution is 2.41. The van der Waals surface area contributed by atoms with Crippen LogP contribution < -0.4 is 0 Å². The number of rotatable bonds is 8. The lowest BCUT2D eigenvalue weighted by atomic mass is 9.87. The fourth-order valence-corrected chi connectivity index (χ4v) is 5.79. The van der Waals surface area contributed by atoms with Crippen molar-refractivity contribution in [2.45, 2.75) is 39.5 Å². The Morgan fingerprint density at radius 1 is 0.971 bits per heavy atom. The van der Waals surface area contributed by atoms with E-state index >= 15 is 0 Å². The summed E-state index contributed by atoms with van der Waals surface area (Å²) in [6, 6.07) is 10.7. The van der Waals surface area contributed by atoms with E-state index in [-0.39, 0.29) is 18.5 Å². The van der Waals surface area contributed by atoms with Crippen LogP contribution in [0.25, 0.3) is 5.57 Å². The number of likely N-dealkylation sites (tertiary alicyclic amines) is 1. The first-order valence-corrected chi connectivity index (χ1v) is 13.0. The van der Waals surface area contributed by atoms with Gasteiger partial charge in [-0.3, -0.25) is 0 Å². The molecule has 6 nitrogen and oxygen atoms in total. The van der Waals surface area contributed by atoms with Crippen LogP contribution in [0.2, 0.25) is 0 Å². The van der Waals surface area contributed by atoms with E-state index in [9.17, 15) is 9.59 Å². The lowest BCUT2D eigenvalue weighted by Crippen LogP contribution is -2.34. The van der Waals surface area contributed by atoms with Gasteiger partial charge in [0.1, 0.15) is 11.5 Å². The number of piperidine rings is 1. The smallest absolute Gasteiger partial charge is 0.348 e. The maximum absolute atomic E-state index is 12.4. The molecular weight excluding hydrogens is 450 g/mol. The van der Waals surface area contributed by atoms with Gasteiger partial charge in [-0.05, 0) is 67.9 Å². The molecular formula is C27H33NO5S. The van der Waals surface area contributed by atoms with E-state index in [1.807, 2.05) is 6.92 Å². The molecule has 0 N–H and O–H groups in total. The van der Waals surface area contributed by atoms with Gasteiger partial charge in [0, 0.05) is 24.5 Å². The van der Waals surface area contributed by atoms with Crippen molar-refractivity contribution >= 4 is 28.8 Å². The Morgan fingerprint density at radius 2 is 1.74 bits per heavy atom. The van der Waals surface area contributed by atoms with E-state index < -0.39 is 0 Å². The van der Waals surface area contributed by atoms with Gasteiger partial charge >= 0.3 is 11.9 Å². The second-order valence-electron chi connectivity index (χ2n) is 8.50. The van der Waals surface area contributed by atoms with Gasteiger partial charge < -0.3 is 19.1 Å². The zero-order chi connectivity index (χ0) is 23.9. The molecule has 1 saturated heterocycles. The molecule has 1 aliphatic heterocycles. The number of carbonyl (C=O) groups is 2. The van der Waals surface area contributed by atoms with Crippen molar-refractivity contribution in [3.05, 3.63) is 62.3 Å². The van der Waals surface area contributed by atoms with Gasteiger partial charge in [0.05, 0.1) is 19.8 Å². The molecule has 0 radical (unpaired) electrons. The van der Waals surface area contributed by atoms with Gasteiger partial charge in [0.15, 0.2) is 0 Å². The fourth-order valence-electron chi connectivity index (χ4n) is 4.73. The van der Waals surface area contributed by atoms with Crippen molar-refractivity contribution in [2.24, 2.45) is 0 Å². The predicted molar refractivity (Wildman–Crippen MR) is 133 cm³/mol. The molecule has 2 aromatic rings. The Balaban J connectivity index is 1.51. The van der Waals surface area contributed by atoms with Gasteiger partial charge in [-0.1, -0.05) is 29.8 Å². The average molecular weight is 484 g/mol. The Hall–Kier alpha value is -2.48. The maximum atomic E-state index is 12.4. The summed E-state index contributed by atoms with van der Waals surface area (Å²) in [7, 11) is 0. The Morgan fingerprint density at radius 3 is 2.50 bits per heavy atom. The second-order valence-corrected chi connectivity index (χ2v) is 9.64. The summed E-state index contributed by atoms with van der Waals surface area (Å²) in [4.78, 5) is 28.2. The first-order valence-electron chi connectivity index (χ1n) is 12.2. The van der Waals surface area contributed by atoms with Crippen molar-refractivity contribution in [1.29, 1.82) is 0 Å². The van der Waals surface area contributed by atoms with Crippen LogP contribution in [0.4, 0.5) is 0 Å². The molecule has 1 aromatic carbocycles. The lowest BCUT2D eigenvalue weighted by molar-refractivity contribution is -0.148. The van der Waals surface area contributed by atoms with E-state index in [4.69, 9.17) is 14.2 Å². The molecule has 182 valence electrons. The van der Waals surface area contributed by atoms with Gasteiger partial charge in [-0.25, -0.2) is 9.59 Å². The number of hydrogen-bond donors (Lipinski definition) is 0. The third-order valence-corrected chi connectivity index (χ3v) is 7.53. The molecule has 2 heterocycles. The maximum Gasteiger partial charge on any atom is 0.348 e. The van der Waals surface area contributed by atoms with Gasteiger partial charge in [0.25, 0.3) is 0 Å². The molecule has 1 aromatic heterocycles. The van der Waals surface area contributed by atoms with E-state index in [1.165, 1.54) is 32.7 Å². The van der Waals surface area contributed by atoms with Crippen LogP contribution in [-0.2, 0) is 31.8 Å². The Bertz CT molecular complexity index is 1050. The van der Waals surface area contributed by atoms with Crippen molar-refractivity contribution in [1.82, 2.24) is 4.90 Å². The number of aryl methyl sites for hydroxylation is 2. The van der Waals surface area contributed by atoms with E-state index in [0.717, 1.165) is 45.3 Å². The number of nitrogens with zero attached hydrogens (tertiary/aromatic N) is 1. The fraction of sp³-hybridized carbons (Fsp3) is 0.481. The zero-order valence-corrected chi connectivity index (χ0v) is 20.9. The molecule has 2 aliphatic rings. The Labute approximate surface area is 205 Å². The summed E-state index contributed by atoms with van der Waals surface area (Å²) in [6.45, 7) is 7.64. The number of benzene rings is 1. The lowest BCUT2D eigenvalue weighted by Gasteiger charge is -2.30. The van der Waals surface area contributed by atoms with Crippen molar-refractivity contribution in [3.63, 3.8) is 0 Å². The third kappa shape index (κ3) is 5.77. The molecule has 4 rings (SSSR count). The summed E-state index contributed by atoms with van der Waals surface area (Å²) in [5.41, 5.74) is 6.65. The summed E-state index contributed by atoms with van der Waals surface area (Å²) >= 11 is 1.58. The first kappa shape index (κ1) is 24.6. The molecule has 0 atom stereocenters. The van der Waals surface area contributed by atoms with E-state index in [0.29, 0.717) is 24.7 Å². The third-order valence-electron chi connectivity index (χ3n) is 6.35. The number of hydrogen-bond acceptors (Lipinski definition) is 7. The minimum Gasteiger partial charge on any atom is -0.464 e. The standard InChI is InChI=1S/C27H33NO5S/c1-3-32-25(29)18-31-16-15-28-13-11-20(12-14-28)26-21-8-6-5-7-19(21)9-10-23-22(26)17-24(34-23)27(30)33-4-2/h5-8,17H,3-4,9-16,18H2,1-2H3. The largest absolute Gasteiger partial charge is 0.464 e. The molecule has 0 saturated carbocycles. The topological polar surface area (TPSA) is 65.1 Å². The van der Waals surface area contributed by atoms with E-state index in [1.54, 1.807) is 18.3 Å². The number of thiophene rings is 1. The van der Waals surface area contributed by atoms with E-state index in [2.05, 4.69) is 35.2 Å². The summed E-state index contributed by atoms with van der Waals surface area (Å²) in [6.07, 6.45) is 3.88. The molecule has 1 fully saturated rings. The molecule has 0 unspecified atom stereocenters. The van der Waals surface area contributed by atoms with Crippen molar-refractivity contribution < 1.29 is 23.8 Å². The zero-order valence-electron chi connectivity index (χ0n) is 20.1. The monoisotopic (exact) mass is 483 g/mol. The summed E-state index contributed by atoms with van der Waals surface area (Å²) < 4.78 is 15.7. The predicted octanol–water partition coefficient (Wildman–Crippen LogP) is 4.50. The second kappa shape index (κ2) is 11.8. The summed E-state index contributed by atoms with van der Waals surface area (Å²) in [5.74, 6) is -0.537. The average Bonchev–Trinajstić information content (AvgIpc) is 3.20. The molecule has 0 amide bonds.